The number of benzene rings is 1. The predicted octanol–water partition coefficient (Wildman–Crippen LogP) is 9.16. The molecule has 5 nitrogen and oxygen atoms in total. The number of carbonyl (C=O) groups excluding carboxylic acids is 1. The van der Waals surface area contributed by atoms with Gasteiger partial charge in [-0.05, 0) is 97.3 Å². The molecule has 0 saturated heterocycles. The Balaban J connectivity index is 1.26. The molecule has 0 bridgehead atoms. The van der Waals surface area contributed by atoms with Crippen molar-refractivity contribution in [3.05, 3.63) is 51.6 Å². The minimum absolute atomic E-state index is 0.0503. The number of ether oxygens (including phenoxy) is 1. The van der Waals surface area contributed by atoms with Gasteiger partial charge in [0.15, 0.2) is 0 Å². The number of hydrogen-bond acceptors (Lipinski definition) is 4. The molecule has 5 rings (SSSR count). The quantitative estimate of drug-likeness (QED) is 0.144. The third-order valence-electron chi connectivity index (χ3n) is 11.9. The van der Waals surface area contributed by atoms with Crippen LogP contribution in [0.3, 0.4) is 0 Å². The van der Waals surface area contributed by atoms with E-state index in [1.165, 1.54) is 62.7 Å². The lowest BCUT2D eigenvalue weighted by molar-refractivity contribution is -0.385. The van der Waals surface area contributed by atoms with Crippen molar-refractivity contribution in [1.82, 2.24) is 0 Å². The van der Waals surface area contributed by atoms with E-state index < -0.39 is 10.9 Å². The van der Waals surface area contributed by atoms with E-state index in [-0.39, 0.29) is 22.8 Å². The average Bonchev–Trinajstić information content (AvgIpc) is 3.26. The predicted molar refractivity (Wildman–Crippen MR) is 155 cm³/mol. The molecule has 3 saturated carbocycles. The summed E-state index contributed by atoms with van der Waals surface area (Å²) in [5, 5.41) is 11.4. The summed E-state index contributed by atoms with van der Waals surface area (Å²) in [7, 11) is 0. The van der Waals surface area contributed by atoms with Crippen LogP contribution in [0, 0.1) is 56.5 Å². The molecule has 0 heterocycles. The summed E-state index contributed by atoms with van der Waals surface area (Å²) in [5.74, 6) is 4.25. The third kappa shape index (κ3) is 5.20. The zero-order valence-corrected chi connectivity index (χ0v) is 24.8. The summed E-state index contributed by atoms with van der Waals surface area (Å²) in [5.41, 5.74) is 2.01. The average molecular weight is 536 g/mol. The molecule has 4 aliphatic rings. The Morgan fingerprint density at radius 1 is 1.05 bits per heavy atom. The van der Waals surface area contributed by atoms with Crippen LogP contribution in [0.2, 0.25) is 0 Å². The molecule has 0 aromatic heterocycles. The number of esters is 1. The highest BCUT2D eigenvalue weighted by molar-refractivity contribution is 5.94. The van der Waals surface area contributed by atoms with Crippen LogP contribution in [-0.2, 0) is 4.74 Å². The molecule has 8 atom stereocenters. The van der Waals surface area contributed by atoms with Gasteiger partial charge >= 0.3 is 5.97 Å². The van der Waals surface area contributed by atoms with Crippen molar-refractivity contribution >= 4 is 11.7 Å². The third-order valence-corrected chi connectivity index (χ3v) is 11.9. The van der Waals surface area contributed by atoms with E-state index in [4.69, 9.17) is 4.74 Å². The first-order valence-corrected chi connectivity index (χ1v) is 15.7. The standard InChI is InChI=1S/C34H49NO4/c1-22(2)9-8-10-23(3)28-15-16-29-26-14-13-24-21-25(17-19-33(24,4)30(26)18-20-34(28,29)5)39-32(36)27-11-6-7-12-31(27)35(37)38/h6-7,11-13,22-23,25-26,28-30H,8-10,14-21H2,1-5H3. The van der Waals surface area contributed by atoms with Crippen molar-refractivity contribution in [3.8, 4) is 0 Å². The fraction of sp³-hybridized carbons (Fsp3) is 0.735. The van der Waals surface area contributed by atoms with Crippen molar-refractivity contribution in [3.63, 3.8) is 0 Å². The molecule has 5 heteroatoms. The minimum Gasteiger partial charge on any atom is -0.458 e. The Morgan fingerprint density at radius 2 is 1.82 bits per heavy atom. The maximum Gasteiger partial charge on any atom is 0.345 e. The fourth-order valence-electron chi connectivity index (χ4n) is 9.77. The van der Waals surface area contributed by atoms with Crippen molar-refractivity contribution in [2.45, 2.75) is 111 Å². The lowest BCUT2D eigenvalue weighted by Gasteiger charge is -2.58. The topological polar surface area (TPSA) is 69.4 Å². The number of hydrogen-bond donors (Lipinski definition) is 0. The van der Waals surface area contributed by atoms with Crippen molar-refractivity contribution in [2.24, 2.45) is 46.3 Å². The summed E-state index contributed by atoms with van der Waals surface area (Å²) in [4.78, 5) is 23.8. The Hall–Kier alpha value is -2.17. The molecule has 4 aliphatic carbocycles. The highest BCUT2D eigenvalue weighted by Crippen LogP contribution is 2.67. The van der Waals surface area contributed by atoms with Crippen LogP contribution in [0.5, 0.6) is 0 Å². The van der Waals surface area contributed by atoms with E-state index in [0.29, 0.717) is 5.41 Å². The van der Waals surface area contributed by atoms with Crippen molar-refractivity contribution in [1.29, 1.82) is 0 Å². The Morgan fingerprint density at radius 3 is 2.56 bits per heavy atom. The maximum atomic E-state index is 12.9. The Bertz CT molecular complexity index is 1110. The number of carbonyl (C=O) groups is 1. The summed E-state index contributed by atoms with van der Waals surface area (Å²) < 4.78 is 5.89. The largest absolute Gasteiger partial charge is 0.458 e. The van der Waals surface area contributed by atoms with Gasteiger partial charge in [-0.3, -0.25) is 10.1 Å². The number of fused-ring (bicyclic) bond motifs is 5. The van der Waals surface area contributed by atoms with Gasteiger partial charge in [-0.1, -0.05) is 77.7 Å². The van der Waals surface area contributed by atoms with Gasteiger partial charge < -0.3 is 4.74 Å². The van der Waals surface area contributed by atoms with E-state index in [1.54, 1.807) is 12.1 Å². The van der Waals surface area contributed by atoms with E-state index in [1.807, 2.05) is 0 Å². The molecule has 0 radical (unpaired) electrons. The zero-order valence-electron chi connectivity index (χ0n) is 24.8. The van der Waals surface area contributed by atoms with Gasteiger partial charge in [-0.25, -0.2) is 4.79 Å². The molecule has 1 aromatic carbocycles. The number of nitro groups is 1. The summed E-state index contributed by atoms with van der Waals surface area (Å²) in [6.45, 7) is 12.4. The molecule has 0 spiro atoms. The van der Waals surface area contributed by atoms with Crippen molar-refractivity contribution in [2.75, 3.05) is 0 Å². The highest BCUT2D eigenvalue weighted by Gasteiger charge is 2.59. The van der Waals surface area contributed by atoms with Crippen LogP contribution in [0.4, 0.5) is 5.69 Å². The molecule has 1 aromatic rings. The summed E-state index contributed by atoms with van der Waals surface area (Å²) in [6, 6.07) is 6.10. The molecule has 8 unspecified atom stereocenters. The number of nitro benzene ring substituents is 1. The SMILES string of the molecule is CC(C)CCCC(C)C1CCC2C3CC=C4CC(OC(=O)c5ccccc5[N+](=O)[O-])CCC4(C)C3CCC12C. The van der Waals surface area contributed by atoms with Gasteiger partial charge in [-0.2, -0.15) is 0 Å². The molecule has 0 aliphatic heterocycles. The number of nitrogens with zero attached hydrogens (tertiary/aromatic N) is 1. The van der Waals surface area contributed by atoms with E-state index >= 15 is 0 Å². The second kappa shape index (κ2) is 11.0. The first-order valence-electron chi connectivity index (χ1n) is 15.7. The molecule has 3 fully saturated rings. The smallest absolute Gasteiger partial charge is 0.345 e. The number of rotatable bonds is 8. The van der Waals surface area contributed by atoms with Crippen molar-refractivity contribution < 1.29 is 14.5 Å². The van der Waals surface area contributed by atoms with Gasteiger partial charge in [-0.15, -0.1) is 0 Å². The molecule has 0 amide bonds. The zero-order chi connectivity index (χ0) is 27.9. The first-order chi connectivity index (χ1) is 18.5. The second-order valence-electron chi connectivity index (χ2n) is 14.3. The normalized spacial score (nSPS) is 36.4. The maximum absolute atomic E-state index is 12.9. The first kappa shape index (κ1) is 28.4. The molecule has 214 valence electrons. The molecule has 39 heavy (non-hydrogen) atoms. The van der Waals surface area contributed by atoms with Gasteiger partial charge in [0.25, 0.3) is 5.69 Å². The molecule has 0 N–H and O–H groups in total. The van der Waals surface area contributed by atoms with Crippen LogP contribution in [0.25, 0.3) is 0 Å². The van der Waals surface area contributed by atoms with Gasteiger partial charge in [0.1, 0.15) is 11.7 Å². The van der Waals surface area contributed by atoms with Crippen LogP contribution in [0.15, 0.2) is 35.9 Å². The Labute approximate surface area is 235 Å². The van der Waals surface area contributed by atoms with E-state index in [9.17, 15) is 14.9 Å². The van der Waals surface area contributed by atoms with Gasteiger partial charge in [0.2, 0.25) is 0 Å². The highest BCUT2D eigenvalue weighted by atomic mass is 16.6. The summed E-state index contributed by atoms with van der Waals surface area (Å²) >= 11 is 0. The number of para-hydroxylation sites is 1. The molecular weight excluding hydrogens is 486 g/mol. The van der Waals surface area contributed by atoms with Crippen LogP contribution < -0.4 is 0 Å². The lowest BCUT2D eigenvalue weighted by Crippen LogP contribution is -2.51. The van der Waals surface area contributed by atoms with Gasteiger partial charge in [0.05, 0.1) is 4.92 Å². The summed E-state index contributed by atoms with van der Waals surface area (Å²) in [6.07, 6.45) is 15.7. The van der Waals surface area contributed by atoms with Crippen LogP contribution in [0.1, 0.15) is 116 Å². The number of allylic oxidation sites excluding steroid dienone is 1. The van der Waals surface area contributed by atoms with Crippen LogP contribution >= 0.6 is 0 Å². The fourth-order valence-corrected chi connectivity index (χ4v) is 9.77. The molecular formula is C34H49NO4. The minimum atomic E-state index is -0.571. The van der Waals surface area contributed by atoms with Gasteiger partial charge in [0, 0.05) is 12.5 Å². The lowest BCUT2D eigenvalue weighted by atomic mass is 9.47. The Kier molecular flexibility index (Phi) is 8.01. The van der Waals surface area contributed by atoms with E-state index in [0.717, 1.165) is 61.2 Å². The van der Waals surface area contributed by atoms with E-state index in [2.05, 4.69) is 40.7 Å². The van der Waals surface area contributed by atoms with Crippen LogP contribution in [-0.4, -0.2) is 17.0 Å². The second-order valence-corrected chi connectivity index (χ2v) is 14.3. The monoisotopic (exact) mass is 535 g/mol.